The number of hydrogen-bond donors (Lipinski definition) is 2. The highest BCUT2D eigenvalue weighted by Crippen LogP contribution is 2.43. The van der Waals surface area contributed by atoms with Gasteiger partial charge < -0.3 is 20.1 Å². The molecule has 5 heteroatoms. The van der Waals surface area contributed by atoms with E-state index >= 15 is 0 Å². The van der Waals surface area contributed by atoms with Crippen molar-refractivity contribution in [3.63, 3.8) is 0 Å². The largest absolute Gasteiger partial charge is 0.389 e. The fourth-order valence-corrected chi connectivity index (χ4v) is 3.94. The highest BCUT2D eigenvalue weighted by atomic mass is 16.5. The van der Waals surface area contributed by atoms with Gasteiger partial charge in [0.05, 0.1) is 19.3 Å². The molecule has 24 heavy (non-hydrogen) atoms. The first-order chi connectivity index (χ1) is 11.5. The highest BCUT2D eigenvalue weighted by molar-refractivity contribution is 5.80. The van der Waals surface area contributed by atoms with Gasteiger partial charge in [-0.1, -0.05) is 33.1 Å². The van der Waals surface area contributed by atoms with Gasteiger partial charge >= 0.3 is 0 Å². The molecule has 1 unspecified atom stereocenters. The Bertz CT molecular complexity index is 392. The summed E-state index contributed by atoms with van der Waals surface area (Å²) in [6, 6.07) is 0. The molecule has 0 aromatic heterocycles. The number of aliphatic hydroxyl groups is 1. The van der Waals surface area contributed by atoms with Crippen molar-refractivity contribution >= 4 is 5.96 Å². The van der Waals surface area contributed by atoms with Crippen molar-refractivity contribution < 1.29 is 9.84 Å². The molecule has 0 aromatic rings. The Balaban J connectivity index is 1.84. The summed E-state index contributed by atoms with van der Waals surface area (Å²) in [7, 11) is 0. The number of hydrogen-bond acceptors (Lipinski definition) is 3. The topological polar surface area (TPSA) is 57.1 Å². The minimum Gasteiger partial charge on any atom is -0.389 e. The van der Waals surface area contributed by atoms with E-state index in [2.05, 4.69) is 36.0 Å². The van der Waals surface area contributed by atoms with Crippen LogP contribution < -0.4 is 5.32 Å². The second-order valence-corrected chi connectivity index (χ2v) is 8.01. The molecule has 0 radical (unpaired) electrons. The van der Waals surface area contributed by atoms with Crippen LogP contribution in [0.1, 0.15) is 59.3 Å². The molecule has 1 heterocycles. The molecule has 2 aliphatic rings. The molecule has 1 atom stereocenters. The van der Waals surface area contributed by atoms with Gasteiger partial charge in [0.2, 0.25) is 0 Å². The number of nitrogens with one attached hydrogen (secondary N) is 1. The first kappa shape index (κ1) is 19.5. The lowest BCUT2D eigenvalue weighted by atomic mass is 9.73. The number of aliphatic imine (C=N–C) groups is 1. The van der Waals surface area contributed by atoms with Gasteiger partial charge in [0.15, 0.2) is 5.96 Å². The van der Waals surface area contributed by atoms with Crippen LogP contribution in [0.25, 0.3) is 0 Å². The normalized spacial score (nSPS) is 22.4. The number of likely N-dealkylation sites (tertiary alicyclic amines) is 1. The molecule has 0 bridgehead atoms. The van der Waals surface area contributed by atoms with Crippen LogP contribution in [0.4, 0.5) is 0 Å². The third kappa shape index (κ3) is 5.92. The predicted octanol–water partition coefficient (Wildman–Crippen LogP) is 2.64. The first-order valence-electron chi connectivity index (χ1n) is 9.84. The van der Waals surface area contributed by atoms with Crippen molar-refractivity contribution in [1.29, 1.82) is 0 Å². The average Bonchev–Trinajstić information content (AvgIpc) is 2.95. The summed E-state index contributed by atoms with van der Waals surface area (Å²) in [5.74, 6) is 1.46. The molecule has 1 saturated carbocycles. The smallest absolute Gasteiger partial charge is 0.194 e. The van der Waals surface area contributed by atoms with Crippen LogP contribution in [0.2, 0.25) is 0 Å². The van der Waals surface area contributed by atoms with Crippen molar-refractivity contribution in [2.75, 3.05) is 39.4 Å². The van der Waals surface area contributed by atoms with E-state index in [0.29, 0.717) is 31.1 Å². The highest BCUT2D eigenvalue weighted by Gasteiger charge is 2.39. The van der Waals surface area contributed by atoms with Crippen LogP contribution in [0, 0.1) is 11.3 Å². The quantitative estimate of drug-likeness (QED) is 0.553. The van der Waals surface area contributed by atoms with Crippen LogP contribution in [0.15, 0.2) is 4.99 Å². The van der Waals surface area contributed by atoms with Gasteiger partial charge in [-0.05, 0) is 37.5 Å². The van der Waals surface area contributed by atoms with E-state index in [4.69, 9.17) is 4.74 Å². The summed E-state index contributed by atoms with van der Waals surface area (Å²) in [6.45, 7) is 10.9. The summed E-state index contributed by atoms with van der Waals surface area (Å²) in [6.07, 6.45) is 7.67. The molecule has 140 valence electrons. The van der Waals surface area contributed by atoms with E-state index in [1.165, 1.54) is 38.5 Å². The minimum atomic E-state index is -0.524. The molecule has 1 aliphatic heterocycles. The zero-order valence-corrected chi connectivity index (χ0v) is 15.9. The van der Waals surface area contributed by atoms with Crippen LogP contribution in [-0.4, -0.2) is 61.5 Å². The Morgan fingerprint density at radius 3 is 2.62 bits per heavy atom. The van der Waals surface area contributed by atoms with E-state index in [1.54, 1.807) is 0 Å². The van der Waals surface area contributed by atoms with Crippen molar-refractivity contribution in [2.24, 2.45) is 16.3 Å². The van der Waals surface area contributed by atoms with Gasteiger partial charge in [-0.2, -0.15) is 0 Å². The van der Waals surface area contributed by atoms with Gasteiger partial charge in [-0.3, -0.25) is 4.99 Å². The molecule has 2 fully saturated rings. The van der Waals surface area contributed by atoms with Gasteiger partial charge in [0.25, 0.3) is 0 Å². The maximum absolute atomic E-state index is 10.1. The Morgan fingerprint density at radius 1 is 1.21 bits per heavy atom. The molecule has 1 saturated heterocycles. The van der Waals surface area contributed by atoms with Crippen molar-refractivity contribution in [1.82, 2.24) is 10.2 Å². The van der Waals surface area contributed by atoms with Crippen LogP contribution in [0.5, 0.6) is 0 Å². The zero-order valence-electron chi connectivity index (χ0n) is 15.9. The monoisotopic (exact) mass is 339 g/mol. The number of rotatable bonds is 7. The Labute approximate surface area is 147 Å². The van der Waals surface area contributed by atoms with E-state index in [-0.39, 0.29) is 0 Å². The molecule has 0 aromatic carbocycles. The lowest BCUT2D eigenvalue weighted by Crippen LogP contribution is -2.42. The van der Waals surface area contributed by atoms with Crippen LogP contribution >= 0.6 is 0 Å². The first-order valence-corrected chi connectivity index (χ1v) is 9.84. The van der Waals surface area contributed by atoms with Crippen molar-refractivity contribution in [3.8, 4) is 0 Å². The molecule has 5 nitrogen and oxygen atoms in total. The summed E-state index contributed by atoms with van der Waals surface area (Å²) in [4.78, 5) is 7.07. The summed E-state index contributed by atoms with van der Waals surface area (Å²) in [5.41, 5.74) is 0.521. The van der Waals surface area contributed by atoms with Gasteiger partial charge in [0, 0.05) is 26.2 Å². The van der Waals surface area contributed by atoms with E-state index in [1.807, 2.05) is 0 Å². The standard InChI is InChI=1S/C19H37N3O2/c1-4-20-18(21-12-17(23)14-24-13-16(2)3)22-11-10-19(15-22)8-6-5-7-9-19/h16-17,23H,4-15H2,1-3H3,(H,20,21). The number of ether oxygens (including phenoxy) is 1. The summed E-state index contributed by atoms with van der Waals surface area (Å²) in [5, 5.41) is 13.5. The van der Waals surface area contributed by atoms with E-state index in [0.717, 1.165) is 25.6 Å². The fraction of sp³-hybridized carbons (Fsp3) is 0.947. The third-order valence-corrected chi connectivity index (χ3v) is 5.20. The SMILES string of the molecule is CCNC(=NCC(O)COCC(C)C)N1CCC2(CCCCC2)C1. The Hall–Kier alpha value is -0.810. The van der Waals surface area contributed by atoms with Crippen LogP contribution in [0.3, 0.4) is 0 Å². The molecular weight excluding hydrogens is 302 g/mol. The number of aliphatic hydroxyl groups excluding tert-OH is 1. The Morgan fingerprint density at radius 2 is 1.96 bits per heavy atom. The number of nitrogens with zero attached hydrogens (tertiary/aromatic N) is 2. The van der Waals surface area contributed by atoms with Crippen molar-refractivity contribution in [3.05, 3.63) is 0 Å². The molecular formula is C19H37N3O2. The second kappa shape index (κ2) is 9.62. The van der Waals surface area contributed by atoms with Crippen molar-refractivity contribution in [2.45, 2.75) is 65.4 Å². The maximum Gasteiger partial charge on any atom is 0.194 e. The number of guanidine groups is 1. The van der Waals surface area contributed by atoms with E-state index in [9.17, 15) is 5.11 Å². The lowest BCUT2D eigenvalue weighted by Gasteiger charge is -2.33. The zero-order chi connectivity index (χ0) is 17.4. The summed E-state index contributed by atoms with van der Waals surface area (Å²) < 4.78 is 5.51. The lowest BCUT2D eigenvalue weighted by molar-refractivity contribution is 0.0300. The summed E-state index contributed by atoms with van der Waals surface area (Å²) >= 11 is 0. The average molecular weight is 340 g/mol. The molecule has 1 spiro atoms. The van der Waals surface area contributed by atoms with E-state index < -0.39 is 6.10 Å². The van der Waals surface area contributed by atoms with Gasteiger partial charge in [0.1, 0.15) is 0 Å². The van der Waals surface area contributed by atoms with Gasteiger partial charge in [-0.15, -0.1) is 0 Å². The fourth-order valence-electron chi connectivity index (χ4n) is 3.94. The molecule has 1 aliphatic carbocycles. The molecule has 2 N–H and O–H groups in total. The van der Waals surface area contributed by atoms with Gasteiger partial charge in [-0.25, -0.2) is 0 Å². The Kier molecular flexibility index (Phi) is 7.82. The molecule has 0 amide bonds. The minimum absolute atomic E-state index is 0.366. The second-order valence-electron chi connectivity index (χ2n) is 8.01. The third-order valence-electron chi connectivity index (χ3n) is 5.20. The molecule has 2 rings (SSSR count). The maximum atomic E-state index is 10.1. The van der Waals surface area contributed by atoms with Crippen LogP contribution in [-0.2, 0) is 4.74 Å². The predicted molar refractivity (Wildman–Crippen MR) is 99.4 cm³/mol.